The van der Waals surface area contributed by atoms with Crippen molar-refractivity contribution in [2.75, 3.05) is 6.61 Å². The zero-order valence-corrected chi connectivity index (χ0v) is 18.0. The third-order valence-corrected chi connectivity index (χ3v) is 10.1. The largest absolute Gasteiger partial charge is 0.431 e. The molecule has 9 atom stereocenters. The van der Waals surface area contributed by atoms with E-state index in [1.165, 1.54) is 12.3 Å². The molecule has 0 bridgehead atoms. The standard InChI is InChI=1S/C24H34O7/c1-21-7-4-17-18(5-8-22(29)11-15(26)10-19(27)23(17,22)13-25)24(21,30)9-6-16(21)14-2-3-20(28)31-12-14/h2-3,12,15-19,25-27,29-30H,4-11,13H2,1H3/t15-,16+,17-,18+,19+,21+,22-,23-,24-/m0/s1. The molecule has 1 aromatic rings. The molecule has 7 heteroatoms. The molecular formula is C24H34O7. The minimum Gasteiger partial charge on any atom is -0.431 e. The van der Waals surface area contributed by atoms with Gasteiger partial charge in [0.15, 0.2) is 0 Å². The van der Waals surface area contributed by atoms with Crippen LogP contribution < -0.4 is 5.63 Å². The van der Waals surface area contributed by atoms with Crippen molar-refractivity contribution < 1.29 is 29.9 Å². The van der Waals surface area contributed by atoms with Crippen LogP contribution in [-0.4, -0.2) is 55.5 Å². The van der Waals surface area contributed by atoms with Crippen LogP contribution in [0.15, 0.2) is 27.6 Å². The van der Waals surface area contributed by atoms with E-state index in [-0.39, 0.29) is 37.2 Å². The van der Waals surface area contributed by atoms with Gasteiger partial charge in [-0.1, -0.05) is 6.92 Å². The molecule has 0 spiro atoms. The van der Waals surface area contributed by atoms with Crippen LogP contribution in [0.5, 0.6) is 0 Å². The van der Waals surface area contributed by atoms with Crippen LogP contribution in [-0.2, 0) is 0 Å². The highest BCUT2D eigenvalue weighted by Gasteiger charge is 2.72. The Morgan fingerprint density at radius 3 is 2.48 bits per heavy atom. The Kier molecular flexibility index (Phi) is 4.79. The molecule has 4 aliphatic rings. The van der Waals surface area contributed by atoms with Crippen LogP contribution in [0.25, 0.3) is 0 Å². The van der Waals surface area contributed by atoms with Gasteiger partial charge in [-0.2, -0.15) is 0 Å². The highest BCUT2D eigenvalue weighted by atomic mass is 16.4. The molecule has 4 aliphatic carbocycles. The summed E-state index contributed by atoms with van der Waals surface area (Å²) in [6, 6.07) is 3.22. The second-order valence-electron chi connectivity index (χ2n) is 11.0. The molecule has 5 N–H and O–H groups in total. The van der Waals surface area contributed by atoms with Crippen molar-refractivity contribution in [3.05, 3.63) is 34.4 Å². The molecule has 4 fully saturated rings. The van der Waals surface area contributed by atoms with Crippen molar-refractivity contribution >= 4 is 0 Å². The summed E-state index contributed by atoms with van der Waals surface area (Å²) in [5, 5.41) is 55.6. The topological polar surface area (TPSA) is 131 Å². The van der Waals surface area contributed by atoms with E-state index < -0.39 is 39.9 Å². The van der Waals surface area contributed by atoms with E-state index in [1.54, 1.807) is 6.07 Å². The summed E-state index contributed by atoms with van der Waals surface area (Å²) in [7, 11) is 0. The maximum atomic E-state index is 12.2. The van der Waals surface area contributed by atoms with E-state index in [0.29, 0.717) is 32.1 Å². The van der Waals surface area contributed by atoms with Crippen LogP contribution >= 0.6 is 0 Å². The SMILES string of the molecule is C[C@]12CC[C@H]3[C@@H](CC[C@]4(O)C[C@@H](O)C[C@@H](O)[C@]34CO)[C@@]1(O)CC[C@@H]2c1ccc(=O)oc1. The van der Waals surface area contributed by atoms with E-state index in [4.69, 9.17) is 4.42 Å². The Balaban J connectivity index is 1.54. The lowest BCUT2D eigenvalue weighted by Crippen LogP contribution is -2.73. The summed E-state index contributed by atoms with van der Waals surface area (Å²) in [5.41, 5.74) is -3.39. The zero-order valence-electron chi connectivity index (χ0n) is 18.0. The van der Waals surface area contributed by atoms with E-state index in [2.05, 4.69) is 6.92 Å². The zero-order chi connectivity index (χ0) is 22.2. The van der Waals surface area contributed by atoms with Gasteiger partial charge in [-0.05, 0) is 67.9 Å². The van der Waals surface area contributed by atoms with Gasteiger partial charge >= 0.3 is 5.63 Å². The summed E-state index contributed by atoms with van der Waals surface area (Å²) in [5.74, 6) is -0.347. The summed E-state index contributed by atoms with van der Waals surface area (Å²) >= 11 is 0. The molecule has 0 amide bonds. The number of hydrogen-bond acceptors (Lipinski definition) is 7. The molecule has 0 saturated heterocycles. The lowest BCUT2D eigenvalue weighted by Gasteiger charge is -2.67. The number of rotatable bonds is 2. The summed E-state index contributed by atoms with van der Waals surface area (Å²) < 4.78 is 5.12. The Bertz CT molecular complexity index is 895. The van der Waals surface area contributed by atoms with Gasteiger partial charge in [0, 0.05) is 24.3 Å². The first kappa shape index (κ1) is 21.6. The van der Waals surface area contributed by atoms with Gasteiger partial charge in [0.05, 0.1) is 41.7 Å². The molecule has 7 nitrogen and oxygen atoms in total. The molecule has 0 aromatic carbocycles. The lowest BCUT2D eigenvalue weighted by molar-refractivity contribution is -0.297. The second kappa shape index (κ2) is 6.87. The Morgan fingerprint density at radius 2 is 1.81 bits per heavy atom. The maximum Gasteiger partial charge on any atom is 0.335 e. The molecule has 4 saturated carbocycles. The fourth-order valence-corrected chi connectivity index (χ4v) is 8.55. The third-order valence-electron chi connectivity index (χ3n) is 10.1. The van der Waals surface area contributed by atoms with Crippen LogP contribution in [0.3, 0.4) is 0 Å². The first-order valence-electron chi connectivity index (χ1n) is 11.6. The normalized spacial score (nSPS) is 51.6. The van der Waals surface area contributed by atoms with Crippen molar-refractivity contribution in [1.82, 2.24) is 0 Å². The Labute approximate surface area is 181 Å². The monoisotopic (exact) mass is 434 g/mol. The Hall–Kier alpha value is -1.25. The smallest absolute Gasteiger partial charge is 0.335 e. The summed E-state index contributed by atoms with van der Waals surface area (Å²) in [6.07, 6.45) is 3.62. The van der Waals surface area contributed by atoms with E-state index >= 15 is 0 Å². The van der Waals surface area contributed by atoms with Crippen molar-refractivity contribution in [3.63, 3.8) is 0 Å². The van der Waals surface area contributed by atoms with Gasteiger partial charge in [0.1, 0.15) is 0 Å². The van der Waals surface area contributed by atoms with Crippen molar-refractivity contribution in [3.8, 4) is 0 Å². The molecule has 31 heavy (non-hydrogen) atoms. The minimum atomic E-state index is -1.34. The Morgan fingerprint density at radius 1 is 1.06 bits per heavy atom. The average Bonchev–Trinajstić information content (AvgIpc) is 2.99. The maximum absolute atomic E-state index is 12.2. The van der Waals surface area contributed by atoms with Gasteiger partial charge in [-0.25, -0.2) is 4.79 Å². The van der Waals surface area contributed by atoms with Crippen molar-refractivity contribution in [2.24, 2.45) is 22.7 Å². The fraction of sp³-hybridized carbons (Fsp3) is 0.792. The molecule has 1 heterocycles. The fourth-order valence-electron chi connectivity index (χ4n) is 8.55. The molecular weight excluding hydrogens is 400 g/mol. The molecule has 5 rings (SSSR count). The van der Waals surface area contributed by atoms with Crippen LogP contribution in [0.4, 0.5) is 0 Å². The quantitative estimate of drug-likeness (QED) is 0.474. The van der Waals surface area contributed by atoms with Gasteiger partial charge in [0.2, 0.25) is 0 Å². The van der Waals surface area contributed by atoms with Crippen LogP contribution in [0.2, 0.25) is 0 Å². The van der Waals surface area contributed by atoms with Crippen LogP contribution in [0.1, 0.15) is 69.8 Å². The van der Waals surface area contributed by atoms with Gasteiger partial charge in [-0.3, -0.25) is 0 Å². The molecule has 1 aromatic heterocycles. The predicted octanol–water partition coefficient (Wildman–Crippen LogP) is 1.30. The van der Waals surface area contributed by atoms with E-state index in [1.807, 2.05) is 0 Å². The van der Waals surface area contributed by atoms with Gasteiger partial charge < -0.3 is 29.9 Å². The number of hydrogen-bond donors (Lipinski definition) is 5. The minimum absolute atomic E-state index is 0.0480. The van der Waals surface area contributed by atoms with Gasteiger partial charge in [-0.15, -0.1) is 0 Å². The third kappa shape index (κ3) is 2.61. The lowest BCUT2D eigenvalue weighted by atomic mass is 9.41. The molecule has 0 radical (unpaired) electrons. The first-order valence-corrected chi connectivity index (χ1v) is 11.6. The molecule has 0 aliphatic heterocycles. The molecule has 172 valence electrons. The molecule has 0 unspecified atom stereocenters. The van der Waals surface area contributed by atoms with Crippen LogP contribution in [0, 0.1) is 22.7 Å². The second-order valence-corrected chi connectivity index (χ2v) is 11.0. The highest BCUT2D eigenvalue weighted by Crippen LogP contribution is 2.71. The van der Waals surface area contributed by atoms with Crippen molar-refractivity contribution in [2.45, 2.75) is 87.6 Å². The van der Waals surface area contributed by atoms with Gasteiger partial charge in [0.25, 0.3) is 0 Å². The van der Waals surface area contributed by atoms with E-state index in [9.17, 15) is 30.3 Å². The predicted molar refractivity (Wildman–Crippen MR) is 111 cm³/mol. The average molecular weight is 435 g/mol. The summed E-state index contributed by atoms with van der Waals surface area (Å²) in [6.45, 7) is 1.75. The summed E-state index contributed by atoms with van der Waals surface area (Å²) in [4.78, 5) is 11.4. The number of fused-ring (bicyclic) bond motifs is 5. The highest BCUT2D eigenvalue weighted by molar-refractivity contribution is 5.28. The first-order chi connectivity index (χ1) is 14.6. The number of aliphatic hydroxyl groups excluding tert-OH is 3. The van der Waals surface area contributed by atoms with Crippen molar-refractivity contribution in [1.29, 1.82) is 0 Å². The van der Waals surface area contributed by atoms with E-state index in [0.717, 1.165) is 12.0 Å². The number of aliphatic hydroxyl groups is 5.